The van der Waals surface area contributed by atoms with Gasteiger partial charge in [-0.25, -0.2) is 0 Å². The molecule has 6 heteroatoms. The molecule has 0 bridgehead atoms. The van der Waals surface area contributed by atoms with Crippen LogP contribution in [-0.2, 0) is 13.6 Å². The Labute approximate surface area is 151 Å². The number of hydrogen-bond donors (Lipinski definition) is 1. The molecule has 1 heterocycles. The SMILES string of the molecule is COc1cccc(-c2cc(C(=O)NCc3ccc(Cl)cc3)n(C)n2)c1. The van der Waals surface area contributed by atoms with Gasteiger partial charge in [-0.05, 0) is 35.9 Å². The fourth-order valence-electron chi connectivity index (χ4n) is 2.48. The smallest absolute Gasteiger partial charge is 0.269 e. The molecular weight excluding hydrogens is 338 g/mol. The molecular formula is C19H18ClN3O2. The number of hydrogen-bond acceptors (Lipinski definition) is 3. The summed E-state index contributed by atoms with van der Waals surface area (Å²) in [4.78, 5) is 12.5. The van der Waals surface area contributed by atoms with Gasteiger partial charge in [0, 0.05) is 24.2 Å². The molecule has 0 fully saturated rings. The molecule has 0 aliphatic carbocycles. The number of benzene rings is 2. The summed E-state index contributed by atoms with van der Waals surface area (Å²) >= 11 is 5.87. The van der Waals surface area contributed by atoms with E-state index in [4.69, 9.17) is 16.3 Å². The second kappa shape index (κ2) is 7.40. The summed E-state index contributed by atoms with van der Waals surface area (Å²) in [5.41, 5.74) is 3.09. The Morgan fingerprint density at radius 2 is 1.96 bits per heavy atom. The summed E-state index contributed by atoms with van der Waals surface area (Å²) in [5.74, 6) is 0.566. The Morgan fingerprint density at radius 3 is 2.68 bits per heavy atom. The van der Waals surface area contributed by atoms with E-state index >= 15 is 0 Å². The average Bonchev–Trinajstić information content (AvgIpc) is 3.03. The van der Waals surface area contributed by atoms with Crippen LogP contribution < -0.4 is 10.1 Å². The predicted molar refractivity (Wildman–Crippen MR) is 97.8 cm³/mol. The van der Waals surface area contributed by atoms with Gasteiger partial charge in [0.05, 0.1) is 12.8 Å². The second-order valence-corrected chi connectivity index (χ2v) is 6.02. The first-order chi connectivity index (χ1) is 12.1. The molecule has 0 saturated carbocycles. The normalized spacial score (nSPS) is 10.5. The number of nitrogens with one attached hydrogen (secondary N) is 1. The molecule has 5 nitrogen and oxygen atoms in total. The number of aromatic nitrogens is 2. The highest BCUT2D eigenvalue weighted by Crippen LogP contribution is 2.23. The number of rotatable bonds is 5. The van der Waals surface area contributed by atoms with Crippen LogP contribution in [-0.4, -0.2) is 22.8 Å². The summed E-state index contributed by atoms with van der Waals surface area (Å²) in [6.07, 6.45) is 0. The minimum Gasteiger partial charge on any atom is -0.497 e. The molecule has 0 saturated heterocycles. The molecule has 0 spiro atoms. The van der Waals surface area contributed by atoms with Crippen LogP contribution in [0.4, 0.5) is 0 Å². The Balaban J connectivity index is 1.75. The fourth-order valence-corrected chi connectivity index (χ4v) is 2.60. The minimum atomic E-state index is -0.181. The number of carbonyl (C=O) groups is 1. The lowest BCUT2D eigenvalue weighted by molar-refractivity contribution is 0.0941. The summed E-state index contributed by atoms with van der Waals surface area (Å²) < 4.78 is 6.81. The monoisotopic (exact) mass is 355 g/mol. The lowest BCUT2D eigenvalue weighted by atomic mass is 10.1. The summed E-state index contributed by atoms with van der Waals surface area (Å²) in [5, 5.41) is 7.99. The van der Waals surface area contributed by atoms with Crippen molar-refractivity contribution in [2.75, 3.05) is 7.11 Å². The van der Waals surface area contributed by atoms with E-state index in [1.807, 2.05) is 36.4 Å². The van der Waals surface area contributed by atoms with Crippen molar-refractivity contribution >= 4 is 17.5 Å². The van der Waals surface area contributed by atoms with Crippen LogP contribution in [0.2, 0.25) is 5.02 Å². The van der Waals surface area contributed by atoms with Crippen LogP contribution in [0.3, 0.4) is 0 Å². The van der Waals surface area contributed by atoms with Gasteiger partial charge in [0.1, 0.15) is 11.4 Å². The van der Waals surface area contributed by atoms with Crippen molar-refractivity contribution in [3.63, 3.8) is 0 Å². The van der Waals surface area contributed by atoms with E-state index in [0.717, 1.165) is 22.6 Å². The molecule has 1 amide bonds. The molecule has 3 aromatic rings. The zero-order valence-corrected chi connectivity index (χ0v) is 14.7. The third kappa shape index (κ3) is 4.00. The molecule has 0 unspecified atom stereocenters. The summed E-state index contributed by atoms with van der Waals surface area (Å²) in [7, 11) is 3.37. The number of ether oxygens (including phenoxy) is 1. The number of nitrogens with zero attached hydrogens (tertiary/aromatic N) is 2. The predicted octanol–water partition coefficient (Wildman–Crippen LogP) is 3.68. The maximum absolute atomic E-state index is 12.5. The largest absolute Gasteiger partial charge is 0.497 e. The van der Waals surface area contributed by atoms with Crippen molar-refractivity contribution in [2.45, 2.75) is 6.54 Å². The zero-order valence-electron chi connectivity index (χ0n) is 14.0. The highest BCUT2D eigenvalue weighted by molar-refractivity contribution is 6.30. The van der Waals surface area contributed by atoms with Crippen molar-refractivity contribution in [3.05, 3.63) is 70.9 Å². The van der Waals surface area contributed by atoms with Crippen LogP contribution in [0.5, 0.6) is 5.75 Å². The number of aryl methyl sites for hydroxylation is 1. The standard InChI is InChI=1S/C19H18ClN3O2/c1-23-18(19(24)21-12-13-6-8-15(20)9-7-13)11-17(22-23)14-4-3-5-16(10-14)25-2/h3-11H,12H2,1-2H3,(H,21,24). The van der Waals surface area contributed by atoms with Gasteiger partial charge in [-0.2, -0.15) is 5.10 Å². The van der Waals surface area contributed by atoms with Gasteiger partial charge in [0.25, 0.3) is 5.91 Å². The first kappa shape index (κ1) is 17.0. The van der Waals surface area contributed by atoms with Gasteiger partial charge in [-0.3, -0.25) is 9.48 Å². The molecule has 0 aliphatic heterocycles. The van der Waals surface area contributed by atoms with Crippen LogP contribution in [0, 0.1) is 0 Å². The van der Waals surface area contributed by atoms with E-state index in [1.54, 1.807) is 37.0 Å². The van der Waals surface area contributed by atoms with Crippen molar-refractivity contribution in [1.29, 1.82) is 0 Å². The molecule has 128 valence electrons. The van der Waals surface area contributed by atoms with Crippen molar-refractivity contribution in [2.24, 2.45) is 7.05 Å². The van der Waals surface area contributed by atoms with E-state index in [2.05, 4.69) is 10.4 Å². The lowest BCUT2D eigenvalue weighted by Crippen LogP contribution is -2.25. The summed E-state index contributed by atoms with van der Waals surface area (Å²) in [6.45, 7) is 0.426. The van der Waals surface area contributed by atoms with Crippen LogP contribution in [0.1, 0.15) is 16.1 Å². The first-order valence-electron chi connectivity index (χ1n) is 7.78. The average molecular weight is 356 g/mol. The molecule has 1 N–H and O–H groups in total. The Bertz CT molecular complexity index is 888. The van der Waals surface area contributed by atoms with Crippen molar-refractivity contribution < 1.29 is 9.53 Å². The highest BCUT2D eigenvalue weighted by atomic mass is 35.5. The maximum atomic E-state index is 12.5. The molecule has 0 aliphatic rings. The van der Waals surface area contributed by atoms with Gasteiger partial charge in [0.2, 0.25) is 0 Å². The number of halogens is 1. The van der Waals surface area contributed by atoms with Crippen LogP contribution >= 0.6 is 11.6 Å². The van der Waals surface area contributed by atoms with Crippen LogP contribution in [0.25, 0.3) is 11.3 Å². The Kier molecular flexibility index (Phi) is 5.05. The molecule has 1 aromatic heterocycles. The van der Waals surface area contributed by atoms with Crippen LogP contribution in [0.15, 0.2) is 54.6 Å². The highest BCUT2D eigenvalue weighted by Gasteiger charge is 2.14. The number of carbonyl (C=O) groups excluding carboxylic acids is 1. The Hall–Kier alpha value is -2.79. The zero-order chi connectivity index (χ0) is 17.8. The van der Waals surface area contributed by atoms with Gasteiger partial charge in [-0.1, -0.05) is 35.9 Å². The quantitative estimate of drug-likeness (QED) is 0.759. The van der Waals surface area contributed by atoms with Gasteiger partial charge in [0.15, 0.2) is 0 Å². The number of amides is 1. The van der Waals surface area contributed by atoms with E-state index in [1.165, 1.54) is 0 Å². The maximum Gasteiger partial charge on any atom is 0.269 e. The van der Waals surface area contributed by atoms with E-state index < -0.39 is 0 Å². The fraction of sp³-hybridized carbons (Fsp3) is 0.158. The lowest BCUT2D eigenvalue weighted by Gasteiger charge is -2.05. The van der Waals surface area contributed by atoms with E-state index in [0.29, 0.717) is 17.3 Å². The van der Waals surface area contributed by atoms with E-state index in [9.17, 15) is 4.79 Å². The molecule has 3 rings (SSSR count). The van der Waals surface area contributed by atoms with Gasteiger partial charge >= 0.3 is 0 Å². The molecule has 0 radical (unpaired) electrons. The number of methoxy groups -OCH3 is 1. The van der Waals surface area contributed by atoms with Crippen molar-refractivity contribution in [1.82, 2.24) is 15.1 Å². The Morgan fingerprint density at radius 1 is 1.20 bits per heavy atom. The molecule has 0 atom stereocenters. The third-order valence-electron chi connectivity index (χ3n) is 3.84. The molecule has 25 heavy (non-hydrogen) atoms. The molecule has 2 aromatic carbocycles. The summed E-state index contributed by atoms with van der Waals surface area (Å²) in [6, 6.07) is 16.7. The van der Waals surface area contributed by atoms with E-state index in [-0.39, 0.29) is 5.91 Å². The second-order valence-electron chi connectivity index (χ2n) is 5.58. The minimum absolute atomic E-state index is 0.181. The third-order valence-corrected chi connectivity index (χ3v) is 4.10. The van der Waals surface area contributed by atoms with Gasteiger partial charge < -0.3 is 10.1 Å². The van der Waals surface area contributed by atoms with Crippen molar-refractivity contribution in [3.8, 4) is 17.0 Å². The first-order valence-corrected chi connectivity index (χ1v) is 8.16. The topological polar surface area (TPSA) is 56.1 Å². The van der Waals surface area contributed by atoms with Gasteiger partial charge in [-0.15, -0.1) is 0 Å².